The first-order valence-electron chi connectivity index (χ1n) is 5.94. The summed E-state index contributed by atoms with van der Waals surface area (Å²) in [6.45, 7) is 0.437. The van der Waals surface area contributed by atoms with Crippen LogP contribution in [0.4, 0.5) is 13.2 Å². The van der Waals surface area contributed by atoms with Gasteiger partial charge in [-0.1, -0.05) is 23.7 Å². The fourth-order valence-electron chi connectivity index (χ4n) is 1.80. The number of nitrogens with two attached hydrogens (primary N) is 1. The van der Waals surface area contributed by atoms with Crippen LogP contribution in [0.1, 0.15) is 11.3 Å². The Morgan fingerprint density at radius 3 is 2.19 bits per heavy atom. The molecule has 0 saturated carbocycles. The largest absolute Gasteiger partial charge is 0.416 e. The van der Waals surface area contributed by atoms with Crippen LogP contribution in [-0.2, 0) is 12.6 Å². The minimum absolute atomic E-state index is 0. The van der Waals surface area contributed by atoms with Gasteiger partial charge in [0.15, 0.2) is 0 Å². The molecule has 2 N–H and O–H groups in total. The van der Waals surface area contributed by atoms with Gasteiger partial charge in [0.2, 0.25) is 0 Å². The fourth-order valence-corrected chi connectivity index (χ4v) is 2.06. The molecule has 0 unspecified atom stereocenters. The SMILES string of the molecule is Cl.NCCc1ncc(-c2ccc(C(F)(F)F)cc2)cc1Cl. The van der Waals surface area contributed by atoms with E-state index in [9.17, 15) is 13.2 Å². The first-order chi connectivity index (χ1) is 9.41. The molecule has 2 rings (SSSR count). The molecule has 0 amide bonds. The summed E-state index contributed by atoms with van der Waals surface area (Å²) in [7, 11) is 0. The third-order valence-electron chi connectivity index (χ3n) is 2.84. The van der Waals surface area contributed by atoms with Crippen molar-refractivity contribution in [1.29, 1.82) is 0 Å². The number of rotatable bonds is 3. The topological polar surface area (TPSA) is 38.9 Å². The van der Waals surface area contributed by atoms with Gasteiger partial charge in [-0.3, -0.25) is 4.98 Å². The molecule has 0 fully saturated rings. The molecule has 21 heavy (non-hydrogen) atoms. The predicted octanol–water partition coefficient (Wildman–Crippen LogP) is 4.34. The Labute approximate surface area is 131 Å². The molecule has 0 spiro atoms. The van der Waals surface area contributed by atoms with Crippen molar-refractivity contribution >= 4 is 24.0 Å². The van der Waals surface area contributed by atoms with E-state index in [1.165, 1.54) is 12.1 Å². The number of halogens is 5. The number of hydrogen-bond donors (Lipinski definition) is 1. The molecule has 0 aliphatic heterocycles. The van der Waals surface area contributed by atoms with E-state index in [0.717, 1.165) is 12.1 Å². The maximum Gasteiger partial charge on any atom is 0.416 e. The first-order valence-corrected chi connectivity index (χ1v) is 6.31. The van der Waals surface area contributed by atoms with Crippen LogP contribution in [0, 0.1) is 0 Å². The van der Waals surface area contributed by atoms with Gasteiger partial charge < -0.3 is 5.73 Å². The molecule has 0 saturated heterocycles. The molecule has 1 aromatic heterocycles. The van der Waals surface area contributed by atoms with E-state index in [0.29, 0.717) is 34.8 Å². The molecule has 2 nitrogen and oxygen atoms in total. The lowest BCUT2D eigenvalue weighted by Crippen LogP contribution is -2.05. The average molecular weight is 337 g/mol. The summed E-state index contributed by atoms with van der Waals surface area (Å²) >= 11 is 6.06. The zero-order valence-corrected chi connectivity index (χ0v) is 12.4. The monoisotopic (exact) mass is 336 g/mol. The van der Waals surface area contributed by atoms with Crippen molar-refractivity contribution < 1.29 is 13.2 Å². The van der Waals surface area contributed by atoms with Crippen LogP contribution in [0.25, 0.3) is 11.1 Å². The van der Waals surface area contributed by atoms with Crippen molar-refractivity contribution in [2.45, 2.75) is 12.6 Å². The highest BCUT2D eigenvalue weighted by Crippen LogP contribution is 2.31. The Bertz CT molecular complexity index is 598. The molecule has 0 aliphatic rings. The summed E-state index contributed by atoms with van der Waals surface area (Å²) in [5.74, 6) is 0. The van der Waals surface area contributed by atoms with Crippen LogP contribution in [0.3, 0.4) is 0 Å². The predicted molar refractivity (Wildman–Crippen MR) is 79.7 cm³/mol. The first kappa shape index (κ1) is 17.8. The normalized spacial score (nSPS) is 11.1. The van der Waals surface area contributed by atoms with E-state index in [-0.39, 0.29) is 12.4 Å². The van der Waals surface area contributed by atoms with Gasteiger partial charge in [0, 0.05) is 18.2 Å². The highest BCUT2D eigenvalue weighted by molar-refractivity contribution is 6.31. The zero-order valence-electron chi connectivity index (χ0n) is 10.8. The zero-order chi connectivity index (χ0) is 14.8. The number of pyridine rings is 1. The van der Waals surface area contributed by atoms with Crippen molar-refractivity contribution in [2.24, 2.45) is 5.73 Å². The number of nitrogens with zero attached hydrogens (tertiary/aromatic N) is 1. The summed E-state index contributed by atoms with van der Waals surface area (Å²) in [5.41, 5.74) is 6.74. The Kier molecular flexibility index (Phi) is 6.01. The van der Waals surface area contributed by atoms with Crippen LogP contribution in [0.15, 0.2) is 36.5 Å². The molecule has 2 aromatic rings. The summed E-state index contributed by atoms with van der Waals surface area (Å²) in [6, 6.07) is 6.56. The quantitative estimate of drug-likeness (QED) is 0.905. The Morgan fingerprint density at radius 2 is 1.71 bits per heavy atom. The van der Waals surface area contributed by atoms with E-state index in [1.807, 2.05) is 0 Å². The number of benzene rings is 1. The average Bonchev–Trinajstić information content (AvgIpc) is 2.40. The van der Waals surface area contributed by atoms with Crippen molar-refractivity contribution in [2.75, 3.05) is 6.54 Å². The van der Waals surface area contributed by atoms with Crippen LogP contribution in [0.2, 0.25) is 5.02 Å². The van der Waals surface area contributed by atoms with Gasteiger partial charge >= 0.3 is 6.18 Å². The summed E-state index contributed by atoms with van der Waals surface area (Å²) < 4.78 is 37.4. The van der Waals surface area contributed by atoms with Gasteiger partial charge in [0.05, 0.1) is 16.3 Å². The van der Waals surface area contributed by atoms with Crippen molar-refractivity contribution in [3.8, 4) is 11.1 Å². The van der Waals surface area contributed by atoms with Gasteiger partial charge in [-0.2, -0.15) is 13.2 Å². The van der Waals surface area contributed by atoms with Crippen LogP contribution < -0.4 is 5.73 Å². The van der Waals surface area contributed by atoms with Crippen LogP contribution in [0.5, 0.6) is 0 Å². The van der Waals surface area contributed by atoms with Crippen LogP contribution in [-0.4, -0.2) is 11.5 Å². The fraction of sp³-hybridized carbons (Fsp3) is 0.214. The second-order valence-corrected chi connectivity index (χ2v) is 4.67. The molecule has 114 valence electrons. The third kappa shape index (κ3) is 4.33. The molecule has 7 heteroatoms. The minimum atomic E-state index is -4.33. The molecule has 0 aliphatic carbocycles. The highest BCUT2D eigenvalue weighted by Gasteiger charge is 2.29. The van der Waals surface area contributed by atoms with Gasteiger partial charge in [0.1, 0.15) is 0 Å². The van der Waals surface area contributed by atoms with E-state index in [4.69, 9.17) is 17.3 Å². The van der Waals surface area contributed by atoms with Gasteiger partial charge in [-0.25, -0.2) is 0 Å². The molecule has 1 aromatic carbocycles. The van der Waals surface area contributed by atoms with Gasteiger partial charge in [-0.05, 0) is 30.3 Å². The third-order valence-corrected chi connectivity index (χ3v) is 3.17. The Balaban J connectivity index is 0.00000220. The summed E-state index contributed by atoms with van der Waals surface area (Å²) in [6.07, 6.45) is -2.19. The second-order valence-electron chi connectivity index (χ2n) is 4.27. The minimum Gasteiger partial charge on any atom is -0.330 e. The number of aromatic nitrogens is 1. The summed E-state index contributed by atoms with van der Waals surface area (Å²) in [4.78, 5) is 4.18. The lowest BCUT2D eigenvalue weighted by atomic mass is 10.0. The highest BCUT2D eigenvalue weighted by atomic mass is 35.5. The Morgan fingerprint density at radius 1 is 1.10 bits per heavy atom. The molecule has 1 heterocycles. The molecular weight excluding hydrogens is 324 g/mol. The second kappa shape index (κ2) is 7.11. The smallest absolute Gasteiger partial charge is 0.330 e. The molecule has 0 bridgehead atoms. The van der Waals surface area contributed by atoms with Gasteiger partial charge in [0.25, 0.3) is 0 Å². The van der Waals surface area contributed by atoms with Crippen LogP contribution >= 0.6 is 24.0 Å². The molecule has 0 atom stereocenters. The Hall–Kier alpha value is -1.30. The molecule has 0 radical (unpaired) electrons. The lowest BCUT2D eigenvalue weighted by Gasteiger charge is -2.09. The van der Waals surface area contributed by atoms with E-state index in [1.54, 1.807) is 12.3 Å². The van der Waals surface area contributed by atoms with Crippen molar-refractivity contribution in [3.63, 3.8) is 0 Å². The lowest BCUT2D eigenvalue weighted by molar-refractivity contribution is -0.137. The maximum absolute atomic E-state index is 12.5. The maximum atomic E-state index is 12.5. The van der Waals surface area contributed by atoms with E-state index >= 15 is 0 Å². The number of hydrogen-bond acceptors (Lipinski definition) is 2. The summed E-state index contributed by atoms with van der Waals surface area (Å²) in [5, 5.41) is 0.466. The van der Waals surface area contributed by atoms with Crippen molar-refractivity contribution in [3.05, 3.63) is 52.8 Å². The standard InChI is InChI=1S/C14H12ClF3N2.ClH/c15-12-7-10(8-20-13(12)5-6-19)9-1-3-11(4-2-9)14(16,17)18;/h1-4,7-8H,5-6,19H2;1H. The van der Waals surface area contributed by atoms with Gasteiger partial charge in [-0.15, -0.1) is 12.4 Å². The molecular formula is C14H13Cl2F3N2. The van der Waals surface area contributed by atoms with Crippen molar-refractivity contribution in [1.82, 2.24) is 4.98 Å². The van der Waals surface area contributed by atoms with E-state index < -0.39 is 11.7 Å². The van der Waals surface area contributed by atoms with E-state index in [2.05, 4.69) is 4.98 Å². The number of alkyl halides is 3.